The molecule has 0 aliphatic heterocycles. The minimum Gasteiger partial charge on any atom is -0.330 e. The molecule has 1 aromatic carbocycles. The summed E-state index contributed by atoms with van der Waals surface area (Å²) in [6, 6.07) is 9.02. The van der Waals surface area contributed by atoms with Gasteiger partial charge in [-0.3, -0.25) is 0 Å². The molecule has 0 aliphatic carbocycles. The molecule has 0 aromatic heterocycles. The highest BCUT2D eigenvalue weighted by molar-refractivity contribution is 5.24. The fourth-order valence-electron chi connectivity index (χ4n) is 2.28. The molecule has 1 atom stereocenters. The molecule has 1 unspecified atom stereocenters. The van der Waals surface area contributed by atoms with E-state index in [-0.39, 0.29) is 0 Å². The minimum atomic E-state index is 0.789. The van der Waals surface area contributed by atoms with Gasteiger partial charge in [-0.1, -0.05) is 57.4 Å². The van der Waals surface area contributed by atoms with E-state index in [9.17, 15) is 0 Å². The van der Waals surface area contributed by atoms with Crippen LogP contribution in [0.5, 0.6) is 0 Å². The first-order chi connectivity index (χ1) is 8.26. The maximum Gasteiger partial charge on any atom is -0.00741 e. The summed E-state index contributed by atoms with van der Waals surface area (Å²) in [4.78, 5) is 0. The van der Waals surface area contributed by atoms with Gasteiger partial charge in [0.05, 0.1) is 0 Å². The Hall–Kier alpha value is -0.820. The normalized spacial score (nSPS) is 12.6. The van der Waals surface area contributed by atoms with Gasteiger partial charge in [0.1, 0.15) is 0 Å². The van der Waals surface area contributed by atoms with Crippen LogP contribution in [-0.4, -0.2) is 6.54 Å². The maximum absolute atomic E-state index is 5.55. The van der Waals surface area contributed by atoms with E-state index in [0.717, 1.165) is 25.3 Å². The van der Waals surface area contributed by atoms with Gasteiger partial charge in [-0.2, -0.15) is 0 Å². The summed E-state index contributed by atoms with van der Waals surface area (Å²) in [5, 5.41) is 0. The van der Waals surface area contributed by atoms with E-state index < -0.39 is 0 Å². The number of unbranched alkanes of at least 4 members (excludes halogenated alkanes) is 1. The fraction of sp³-hybridized carbons (Fsp3) is 0.625. The van der Waals surface area contributed by atoms with Crippen molar-refractivity contribution in [1.82, 2.24) is 0 Å². The molecule has 0 fully saturated rings. The minimum absolute atomic E-state index is 0.789. The zero-order valence-electron chi connectivity index (χ0n) is 11.4. The van der Waals surface area contributed by atoms with E-state index in [1.807, 2.05) is 0 Å². The third-order valence-corrected chi connectivity index (χ3v) is 3.30. The van der Waals surface area contributed by atoms with Crippen LogP contribution in [0.3, 0.4) is 0 Å². The fourth-order valence-corrected chi connectivity index (χ4v) is 2.28. The summed E-state index contributed by atoms with van der Waals surface area (Å²) in [6.45, 7) is 5.42. The quantitative estimate of drug-likeness (QED) is 0.723. The van der Waals surface area contributed by atoms with Crippen molar-refractivity contribution in [3.63, 3.8) is 0 Å². The molecule has 0 saturated heterocycles. The molecular weight excluding hydrogens is 206 g/mol. The standard InChI is InChI=1S/C16H27N/c1-3-4-7-14(2)12-16-9-5-8-15(13-16)10-6-11-17/h5,8-9,13-14H,3-4,6-7,10-12,17H2,1-2H3. The molecule has 1 heteroatoms. The molecule has 0 saturated carbocycles. The van der Waals surface area contributed by atoms with Crippen LogP contribution >= 0.6 is 0 Å². The largest absolute Gasteiger partial charge is 0.330 e. The Morgan fingerprint density at radius 1 is 1.18 bits per heavy atom. The predicted molar refractivity (Wildman–Crippen MR) is 76.2 cm³/mol. The van der Waals surface area contributed by atoms with Gasteiger partial charge in [-0.05, 0) is 42.9 Å². The summed E-state index contributed by atoms with van der Waals surface area (Å²) in [5.74, 6) is 0.805. The Morgan fingerprint density at radius 3 is 2.65 bits per heavy atom. The van der Waals surface area contributed by atoms with E-state index in [1.54, 1.807) is 0 Å². The van der Waals surface area contributed by atoms with Crippen LogP contribution in [0.1, 0.15) is 50.7 Å². The lowest BCUT2D eigenvalue weighted by atomic mass is 9.94. The van der Waals surface area contributed by atoms with Crippen LogP contribution in [0, 0.1) is 5.92 Å². The van der Waals surface area contributed by atoms with Gasteiger partial charge in [-0.15, -0.1) is 0 Å². The third kappa shape index (κ3) is 5.88. The van der Waals surface area contributed by atoms with Gasteiger partial charge in [0.25, 0.3) is 0 Å². The van der Waals surface area contributed by atoms with Gasteiger partial charge in [-0.25, -0.2) is 0 Å². The van der Waals surface area contributed by atoms with Crippen molar-refractivity contribution >= 4 is 0 Å². The van der Waals surface area contributed by atoms with E-state index in [4.69, 9.17) is 5.73 Å². The molecule has 1 rings (SSSR count). The first-order valence-electron chi connectivity index (χ1n) is 7.04. The lowest BCUT2D eigenvalue weighted by molar-refractivity contribution is 0.503. The second-order valence-corrected chi connectivity index (χ2v) is 5.16. The lowest BCUT2D eigenvalue weighted by Gasteiger charge is -2.11. The van der Waals surface area contributed by atoms with Crippen molar-refractivity contribution < 1.29 is 0 Å². The Bertz CT molecular complexity index is 306. The van der Waals surface area contributed by atoms with Crippen LogP contribution in [0.2, 0.25) is 0 Å². The van der Waals surface area contributed by atoms with Crippen molar-refractivity contribution in [2.24, 2.45) is 11.7 Å². The van der Waals surface area contributed by atoms with E-state index in [0.29, 0.717) is 0 Å². The first kappa shape index (κ1) is 14.2. The topological polar surface area (TPSA) is 26.0 Å². The zero-order valence-corrected chi connectivity index (χ0v) is 11.4. The molecule has 96 valence electrons. The molecule has 0 spiro atoms. The van der Waals surface area contributed by atoms with Crippen LogP contribution in [0.15, 0.2) is 24.3 Å². The molecule has 0 amide bonds. The maximum atomic E-state index is 5.55. The average Bonchev–Trinajstić information content (AvgIpc) is 2.34. The zero-order chi connectivity index (χ0) is 12.5. The number of hydrogen-bond acceptors (Lipinski definition) is 1. The third-order valence-electron chi connectivity index (χ3n) is 3.30. The number of rotatable bonds is 8. The van der Waals surface area contributed by atoms with Gasteiger partial charge in [0.15, 0.2) is 0 Å². The SMILES string of the molecule is CCCCC(C)Cc1cccc(CCCN)c1. The van der Waals surface area contributed by atoms with Crippen molar-refractivity contribution in [2.75, 3.05) is 6.54 Å². The molecule has 0 radical (unpaired) electrons. The Labute approximate surface area is 106 Å². The highest BCUT2D eigenvalue weighted by Crippen LogP contribution is 2.16. The highest BCUT2D eigenvalue weighted by Gasteiger charge is 2.03. The van der Waals surface area contributed by atoms with Gasteiger partial charge in [0, 0.05) is 0 Å². The second-order valence-electron chi connectivity index (χ2n) is 5.16. The van der Waals surface area contributed by atoms with E-state index in [2.05, 4.69) is 38.1 Å². The first-order valence-corrected chi connectivity index (χ1v) is 7.04. The molecule has 0 aliphatic rings. The molecular formula is C16H27N. The van der Waals surface area contributed by atoms with Crippen LogP contribution in [0.4, 0.5) is 0 Å². The van der Waals surface area contributed by atoms with Gasteiger partial charge >= 0.3 is 0 Å². The molecule has 0 heterocycles. The second kappa shape index (κ2) is 8.30. The molecule has 1 nitrogen and oxygen atoms in total. The van der Waals surface area contributed by atoms with Crippen LogP contribution in [-0.2, 0) is 12.8 Å². The van der Waals surface area contributed by atoms with E-state index >= 15 is 0 Å². The van der Waals surface area contributed by atoms with Crippen LogP contribution < -0.4 is 5.73 Å². The van der Waals surface area contributed by atoms with Gasteiger partial charge in [0.2, 0.25) is 0 Å². The molecule has 2 N–H and O–H groups in total. The molecule has 1 aromatic rings. The highest BCUT2D eigenvalue weighted by atomic mass is 14.5. The van der Waals surface area contributed by atoms with Crippen molar-refractivity contribution in [3.05, 3.63) is 35.4 Å². The number of aryl methyl sites for hydroxylation is 1. The number of hydrogen-bond donors (Lipinski definition) is 1. The predicted octanol–water partition coefficient (Wildman–Crippen LogP) is 3.95. The van der Waals surface area contributed by atoms with Gasteiger partial charge < -0.3 is 5.73 Å². The summed E-state index contributed by atoms with van der Waals surface area (Å²) in [5.41, 5.74) is 8.48. The lowest BCUT2D eigenvalue weighted by Crippen LogP contribution is -2.02. The number of nitrogens with two attached hydrogens (primary N) is 1. The van der Waals surface area contributed by atoms with Crippen LogP contribution in [0.25, 0.3) is 0 Å². The van der Waals surface area contributed by atoms with E-state index in [1.165, 1.54) is 36.8 Å². The smallest absolute Gasteiger partial charge is 0.00741 e. The molecule has 17 heavy (non-hydrogen) atoms. The summed E-state index contributed by atoms with van der Waals surface area (Å²) in [6.07, 6.45) is 7.44. The Kier molecular flexibility index (Phi) is 6.95. The number of benzene rings is 1. The summed E-state index contributed by atoms with van der Waals surface area (Å²) in [7, 11) is 0. The monoisotopic (exact) mass is 233 g/mol. The Balaban J connectivity index is 2.47. The average molecular weight is 233 g/mol. The summed E-state index contributed by atoms with van der Waals surface area (Å²) >= 11 is 0. The molecule has 0 bridgehead atoms. The van der Waals surface area contributed by atoms with Crippen molar-refractivity contribution in [2.45, 2.75) is 52.4 Å². The Morgan fingerprint density at radius 2 is 1.94 bits per heavy atom. The van der Waals surface area contributed by atoms with Crippen molar-refractivity contribution in [1.29, 1.82) is 0 Å². The van der Waals surface area contributed by atoms with Crippen molar-refractivity contribution in [3.8, 4) is 0 Å². The summed E-state index contributed by atoms with van der Waals surface area (Å²) < 4.78 is 0.